The number of benzene rings is 1. The summed E-state index contributed by atoms with van der Waals surface area (Å²) in [6.45, 7) is 10.5. The fourth-order valence-electron chi connectivity index (χ4n) is 3.36. The first-order valence-corrected chi connectivity index (χ1v) is 9.15. The first kappa shape index (κ1) is 18.5. The van der Waals surface area contributed by atoms with Gasteiger partial charge in [-0.1, -0.05) is 25.4 Å². The maximum absolute atomic E-state index is 13.2. The van der Waals surface area contributed by atoms with Crippen LogP contribution in [-0.2, 0) is 6.54 Å². The first-order valence-electron chi connectivity index (χ1n) is 8.77. The number of fused-ring (bicyclic) bond motifs is 1. The van der Waals surface area contributed by atoms with Gasteiger partial charge in [-0.2, -0.15) is 0 Å². The molecule has 0 radical (unpaired) electrons. The van der Waals surface area contributed by atoms with E-state index in [-0.39, 0.29) is 11.5 Å². The lowest BCUT2D eigenvalue weighted by molar-refractivity contribution is 0.412. The lowest BCUT2D eigenvalue weighted by atomic mass is 10.1. The standard InChI is InChI=1S/C20H24ClN3O2/c1-7-23-19(15-8-12(4)17(26-6)10-16(15)21)22-24-13(5)9-14(11(2)3)18(24)20(23)25/h8-11H,7H2,1-6H3. The Kier molecular flexibility index (Phi) is 4.84. The molecule has 26 heavy (non-hydrogen) atoms. The van der Waals surface area contributed by atoms with Crippen molar-refractivity contribution >= 4 is 17.1 Å². The lowest BCUT2D eigenvalue weighted by Crippen LogP contribution is -2.26. The molecule has 0 aliphatic rings. The highest BCUT2D eigenvalue weighted by atomic mass is 35.5. The van der Waals surface area contributed by atoms with Gasteiger partial charge in [0.25, 0.3) is 5.56 Å². The Hall–Kier alpha value is -2.27. The molecular weight excluding hydrogens is 350 g/mol. The van der Waals surface area contributed by atoms with Crippen LogP contribution in [0.25, 0.3) is 16.9 Å². The Bertz CT molecular complexity index is 1050. The minimum atomic E-state index is -0.0427. The third kappa shape index (κ3) is 2.80. The van der Waals surface area contributed by atoms with E-state index in [2.05, 4.69) is 13.8 Å². The second-order valence-electron chi connectivity index (χ2n) is 6.83. The van der Waals surface area contributed by atoms with Gasteiger partial charge in [-0.15, -0.1) is 5.10 Å². The van der Waals surface area contributed by atoms with Crippen LogP contribution < -0.4 is 10.3 Å². The van der Waals surface area contributed by atoms with Crippen molar-refractivity contribution < 1.29 is 4.74 Å². The molecule has 2 aromatic heterocycles. The van der Waals surface area contributed by atoms with E-state index in [1.807, 2.05) is 32.9 Å². The molecule has 1 aromatic carbocycles. The van der Waals surface area contributed by atoms with E-state index >= 15 is 0 Å². The molecule has 0 spiro atoms. The summed E-state index contributed by atoms with van der Waals surface area (Å²) < 4.78 is 8.77. The van der Waals surface area contributed by atoms with Gasteiger partial charge < -0.3 is 4.74 Å². The van der Waals surface area contributed by atoms with Gasteiger partial charge >= 0.3 is 0 Å². The van der Waals surface area contributed by atoms with E-state index in [4.69, 9.17) is 21.4 Å². The number of hydrogen-bond donors (Lipinski definition) is 0. The van der Waals surface area contributed by atoms with Crippen molar-refractivity contribution in [1.29, 1.82) is 0 Å². The summed E-state index contributed by atoms with van der Waals surface area (Å²) in [5, 5.41) is 5.30. The van der Waals surface area contributed by atoms with Crippen LogP contribution in [-0.4, -0.2) is 21.3 Å². The maximum Gasteiger partial charge on any atom is 0.278 e. The zero-order valence-corrected chi connectivity index (χ0v) is 16.8. The summed E-state index contributed by atoms with van der Waals surface area (Å²) in [5.41, 5.74) is 4.22. The van der Waals surface area contributed by atoms with Crippen LogP contribution in [0, 0.1) is 13.8 Å². The van der Waals surface area contributed by atoms with E-state index < -0.39 is 0 Å². The Morgan fingerprint density at radius 2 is 1.92 bits per heavy atom. The Morgan fingerprint density at radius 1 is 1.23 bits per heavy atom. The number of rotatable bonds is 4. The molecule has 0 saturated heterocycles. The van der Waals surface area contributed by atoms with Crippen LogP contribution in [0.4, 0.5) is 0 Å². The van der Waals surface area contributed by atoms with E-state index in [0.29, 0.717) is 28.7 Å². The Balaban J connectivity index is 2.40. The van der Waals surface area contributed by atoms with Crippen molar-refractivity contribution in [1.82, 2.24) is 14.2 Å². The van der Waals surface area contributed by atoms with Crippen LogP contribution in [0.2, 0.25) is 5.02 Å². The number of hydrogen-bond acceptors (Lipinski definition) is 3. The smallest absolute Gasteiger partial charge is 0.278 e. The molecule has 5 nitrogen and oxygen atoms in total. The van der Waals surface area contributed by atoms with Gasteiger partial charge in [0.05, 0.1) is 12.1 Å². The predicted octanol–water partition coefficient (Wildman–Crippen LogP) is 4.59. The fraction of sp³-hybridized carbons (Fsp3) is 0.400. The third-order valence-corrected chi connectivity index (χ3v) is 5.06. The second-order valence-corrected chi connectivity index (χ2v) is 7.24. The van der Waals surface area contributed by atoms with E-state index in [0.717, 1.165) is 22.4 Å². The molecule has 0 atom stereocenters. The van der Waals surface area contributed by atoms with E-state index in [9.17, 15) is 4.79 Å². The highest BCUT2D eigenvalue weighted by Crippen LogP contribution is 2.33. The number of methoxy groups -OCH3 is 1. The van der Waals surface area contributed by atoms with Gasteiger partial charge in [0.2, 0.25) is 0 Å². The minimum Gasteiger partial charge on any atom is -0.496 e. The molecule has 0 amide bonds. The summed E-state index contributed by atoms with van der Waals surface area (Å²) in [6, 6.07) is 5.73. The summed E-state index contributed by atoms with van der Waals surface area (Å²) in [4.78, 5) is 13.2. The zero-order valence-electron chi connectivity index (χ0n) is 16.1. The van der Waals surface area contributed by atoms with Crippen molar-refractivity contribution in [2.75, 3.05) is 7.11 Å². The van der Waals surface area contributed by atoms with Crippen LogP contribution in [0.5, 0.6) is 5.75 Å². The van der Waals surface area contributed by atoms with Crippen molar-refractivity contribution in [3.8, 4) is 17.1 Å². The largest absolute Gasteiger partial charge is 0.496 e. The summed E-state index contributed by atoms with van der Waals surface area (Å²) in [7, 11) is 1.61. The van der Waals surface area contributed by atoms with Gasteiger partial charge in [-0.25, -0.2) is 4.52 Å². The molecule has 0 fully saturated rings. The zero-order chi connectivity index (χ0) is 19.2. The molecule has 6 heteroatoms. The van der Waals surface area contributed by atoms with Crippen molar-refractivity contribution in [3.63, 3.8) is 0 Å². The normalized spacial score (nSPS) is 11.5. The molecule has 3 aromatic rings. The molecule has 138 valence electrons. The van der Waals surface area contributed by atoms with Crippen LogP contribution in [0.15, 0.2) is 23.0 Å². The van der Waals surface area contributed by atoms with Crippen molar-refractivity contribution in [3.05, 3.63) is 50.4 Å². The van der Waals surface area contributed by atoms with Crippen molar-refractivity contribution in [2.45, 2.75) is 47.1 Å². The average molecular weight is 374 g/mol. The van der Waals surface area contributed by atoms with Gasteiger partial charge in [0.15, 0.2) is 5.82 Å². The minimum absolute atomic E-state index is 0.0427. The van der Waals surface area contributed by atoms with Crippen LogP contribution in [0.3, 0.4) is 0 Å². The predicted molar refractivity (Wildman–Crippen MR) is 106 cm³/mol. The fourth-order valence-corrected chi connectivity index (χ4v) is 3.59. The molecule has 3 rings (SSSR count). The molecular formula is C20H24ClN3O2. The Morgan fingerprint density at radius 3 is 2.50 bits per heavy atom. The third-order valence-electron chi connectivity index (χ3n) is 4.75. The molecule has 0 bridgehead atoms. The monoisotopic (exact) mass is 373 g/mol. The first-order chi connectivity index (χ1) is 12.3. The number of aromatic nitrogens is 3. The lowest BCUT2D eigenvalue weighted by Gasteiger charge is -2.15. The summed E-state index contributed by atoms with van der Waals surface area (Å²) in [6.07, 6.45) is 0. The number of halogens is 1. The number of ether oxygens (including phenoxy) is 1. The molecule has 0 N–H and O–H groups in total. The van der Waals surface area contributed by atoms with Gasteiger partial charge in [0.1, 0.15) is 11.3 Å². The van der Waals surface area contributed by atoms with E-state index in [1.54, 1.807) is 22.3 Å². The molecule has 0 unspecified atom stereocenters. The number of aryl methyl sites for hydroxylation is 2. The Labute approximate surface area is 158 Å². The molecule has 0 aliphatic heterocycles. The van der Waals surface area contributed by atoms with Crippen molar-refractivity contribution in [2.24, 2.45) is 0 Å². The van der Waals surface area contributed by atoms with Gasteiger partial charge in [-0.3, -0.25) is 9.36 Å². The highest BCUT2D eigenvalue weighted by molar-refractivity contribution is 6.33. The van der Waals surface area contributed by atoms with Gasteiger partial charge in [0, 0.05) is 17.8 Å². The molecule has 0 saturated carbocycles. The maximum atomic E-state index is 13.2. The highest BCUT2D eigenvalue weighted by Gasteiger charge is 2.20. The number of nitrogens with zero attached hydrogens (tertiary/aromatic N) is 3. The van der Waals surface area contributed by atoms with E-state index in [1.165, 1.54) is 0 Å². The SMILES string of the molecule is CCn1c(-c2cc(C)c(OC)cc2Cl)nn2c(C)cc(C(C)C)c2c1=O. The average Bonchev–Trinajstić information content (AvgIpc) is 2.94. The summed E-state index contributed by atoms with van der Waals surface area (Å²) >= 11 is 6.50. The second kappa shape index (κ2) is 6.80. The topological polar surface area (TPSA) is 48.5 Å². The van der Waals surface area contributed by atoms with Crippen LogP contribution in [0.1, 0.15) is 43.5 Å². The molecule has 0 aliphatic carbocycles. The molecule has 2 heterocycles. The van der Waals surface area contributed by atoms with Crippen LogP contribution >= 0.6 is 11.6 Å². The van der Waals surface area contributed by atoms with Gasteiger partial charge in [-0.05, 0) is 56.0 Å². The quantitative estimate of drug-likeness (QED) is 0.672. The summed E-state index contributed by atoms with van der Waals surface area (Å²) in [5.74, 6) is 1.52.